The maximum absolute atomic E-state index is 5.88. The molecule has 2 aliphatic rings. The summed E-state index contributed by atoms with van der Waals surface area (Å²) in [5.74, 6) is 1.52. The molecule has 1 saturated heterocycles. The van der Waals surface area contributed by atoms with Gasteiger partial charge < -0.3 is 15.4 Å². The molecular weight excluding hydrogens is 212 g/mol. The highest BCUT2D eigenvalue weighted by Gasteiger charge is 2.31. The third-order valence-corrected chi connectivity index (χ3v) is 4.94. The zero-order chi connectivity index (χ0) is 12.3. The van der Waals surface area contributed by atoms with Crippen LogP contribution < -0.4 is 5.73 Å². The fraction of sp³-hybridized carbons (Fsp3) is 1.00. The Balaban J connectivity index is 1.83. The largest absolute Gasteiger partial charge is 0.381 e. The van der Waals surface area contributed by atoms with E-state index >= 15 is 0 Å². The van der Waals surface area contributed by atoms with Gasteiger partial charge in [0.15, 0.2) is 0 Å². The second kappa shape index (κ2) is 6.17. The third kappa shape index (κ3) is 3.21. The summed E-state index contributed by atoms with van der Waals surface area (Å²) >= 11 is 0. The van der Waals surface area contributed by atoms with Gasteiger partial charge in [-0.15, -0.1) is 0 Å². The molecule has 1 heterocycles. The maximum atomic E-state index is 5.88. The monoisotopic (exact) mass is 240 g/mol. The van der Waals surface area contributed by atoms with E-state index in [1.807, 2.05) is 7.11 Å². The van der Waals surface area contributed by atoms with Crippen molar-refractivity contribution in [1.82, 2.24) is 4.90 Å². The number of likely N-dealkylation sites (tertiary alicyclic amines) is 1. The summed E-state index contributed by atoms with van der Waals surface area (Å²) in [6, 6.07) is 0.794. The molecule has 1 aliphatic carbocycles. The predicted molar refractivity (Wildman–Crippen MR) is 71.0 cm³/mol. The molecule has 0 radical (unpaired) electrons. The number of ether oxygens (including phenoxy) is 1. The predicted octanol–water partition coefficient (Wildman–Crippen LogP) is 1.86. The van der Waals surface area contributed by atoms with Gasteiger partial charge >= 0.3 is 0 Å². The van der Waals surface area contributed by atoms with E-state index in [-0.39, 0.29) is 0 Å². The fourth-order valence-corrected chi connectivity index (χ4v) is 3.46. The van der Waals surface area contributed by atoms with Crippen LogP contribution in [0.3, 0.4) is 0 Å². The molecule has 0 bridgehead atoms. The van der Waals surface area contributed by atoms with E-state index in [2.05, 4.69) is 11.8 Å². The van der Waals surface area contributed by atoms with Crippen molar-refractivity contribution in [2.45, 2.75) is 51.2 Å². The fourth-order valence-electron chi connectivity index (χ4n) is 3.46. The standard InChI is InChI=1S/C14H28N2O/c1-11-7-8-16(10-12(11)9-15)13-3-5-14(17-2)6-4-13/h11-14H,3-10,15H2,1-2H3. The van der Waals surface area contributed by atoms with Crippen LogP contribution in [-0.4, -0.2) is 43.8 Å². The summed E-state index contributed by atoms with van der Waals surface area (Å²) in [6.45, 7) is 5.71. The molecule has 2 unspecified atom stereocenters. The topological polar surface area (TPSA) is 38.5 Å². The maximum Gasteiger partial charge on any atom is 0.0572 e. The molecule has 2 atom stereocenters. The van der Waals surface area contributed by atoms with E-state index in [9.17, 15) is 0 Å². The lowest BCUT2D eigenvalue weighted by molar-refractivity contribution is 0.0190. The Morgan fingerprint density at radius 3 is 2.47 bits per heavy atom. The smallest absolute Gasteiger partial charge is 0.0572 e. The van der Waals surface area contributed by atoms with Crippen molar-refractivity contribution in [3.63, 3.8) is 0 Å². The molecule has 0 spiro atoms. The van der Waals surface area contributed by atoms with Crippen LogP contribution >= 0.6 is 0 Å². The third-order valence-electron chi connectivity index (χ3n) is 4.94. The molecule has 1 aliphatic heterocycles. The average Bonchev–Trinajstić information content (AvgIpc) is 2.39. The van der Waals surface area contributed by atoms with Gasteiger partial charge in [-0.05, 0) is 57.0 Å². The molecule has 2 N–H and O–H groups in total. The highest BCUT2D eigenvalue weighted by Crippen LogP contribution is 2.30. The van der Waals surface area contributed by atoms with Crippen LogP contribution in [0.2, 0.25) is 0 Å². The number of hydrogen-bond acceptors (Lipinski definition) is 3. The Morgan fingerprint density at radius 1 is 1.18 bits per heavy atom. The van der Waals surface area contributed by atoms with Crippen molar-refractivity contribution in [3.8, 4) is 0 Å². The van der Waals surface area contributed by atoms with Crippen molar-refractivity contribution < 1.29 is 4.74 Å². The molecule has 100 valence electrons. The van der Waals surface area contributed by atoms with Crippen LogP contribution in [-0.2, 0) is 4.74 Å². The molecular formula is C14H28N2O. The van der Waals surface area contributed by atoms with E-state index < -0.39 is 0 Å². The second-order valence-electron chi connectivity index (χ2n) is 5.92. The first-order chi connectivity index (χ1) is 8.24. The highest BCUT2D eigenvalue weighted by molar-refractivity contribution is 4.86. The van der Waals surface area contributed by atoms with Crippen molar-refractivity contribution in [2.24, 2.45) is 17.6 Å². The number of piperidine rings is 1. The van der Waals surface area contributed by atoms with Crippen molar-refractivity contribution >= 4 is 0 Å². The van der Waals surface area contributed by atoms with Crippen LogP contribution in [0.4, 0.5) is 0 Å². The Labute approximate surface area is 106 Å². The summed E-state index contributed by atoms with van der Waals surface area (Å²) in [7, 11) is 1.85. The molecule has 2 rings (SSSR count). The Bertz CT molecular complexity index is 226. The summed E-state index contributed by atoms with van der Waals surface area (Å²) < 4.78 is 5.45. The van der Waals surface area contributed by atoms with Gasteiger partial charge in [0, 0.05) is 19.7 Å². The summed E-state index contributed by atoms with van der Waals surface area (Å²) in [6.07, 6.45) is 6.93. The van der Waals surface area contributed by atoms with E-state index in [0.717, 1.165) is 18.5 Å². The van der Waals surface area contributed by atoms with Crippen LogP contribution in [0, 0.1) is 11.8 Å². The molecule has 17 heavy (non-hydrogen) atoms. The van der Waals surface area contributed by atoms with Gasteiger partial charge in [-0.25, -0.2) is 0 Å². The molecule has 0 aromatic rings. The molecule has 1 saturated carbocycles. The quantitative estimate of drug-likeness (QED) is 0.818. The Kier molecular flexibility index (Phi) is 4.83. The first kappa shape index (κ1) is 13.3. The van der Waals surface area contributed by atoms with E-state index in [0.29, 0.717) is 12.0 Å². The minimum absolute atomic E-state index is 0.514. The Morgan fingerprint density at radius 2 is 1.88 bits per heavy atom. The first-order valence-electron chi connectivity index (χ1n) is 7.21. The van der Waals surface area contributed by atoms with Gasteiger partial charge in [0.05, 0.1) is 6.10 Å². The van der Waals surface area contributed by atoms with Gasteiger partial charge in [-0.2, -0.15) is 0 Å². The van der Waals surface area contributed by atoms with E-state index in [4.69, 9.17) is 10.5 Å². The van der Waals surface area contributed by atoms with Crippen LogP contribution in [0.25, 0.3) is 0 Å². The number of hydrogen-bond donors (Lipinski definition) is 1. The molecule has 0 amide bonds. The van der Waals surface area contributed by atoms with Crippen molar-refractivity contribution in [1.29, 1.82) is 0 Å². The minimum atomic E-state index is 0.514. The first-order valence-corrected chi connectivity index (χ1v) is 7.21. The number of rotatable bonds is 3. The van der Waals surface area contributed by atoms with Gasteiger partial charge in [-0.3, -0.25) is 0 Å². The molecule has 2 fully saturated rings. The van der Waals surface area contributed by atoms with E-state index in [1.165, 1.54) is 45.2 Å². The second-order valence-corrected chi connectivity index (χ2v) is 5.92. The van der Waals surface area contributed by atoms with Gasteiger partial charge in [0.2, 0.25) is 0 Å². The number of nitrogens with zero attached hydrogens (tertiary/aromatic N) is 1. The highest BCUT2D eigenvalue weighted by atomic mass is 16.5. The average molecular weight is 240 g/mol. The summed E-state index contributed by atoms with van der Waals surface area (Å²) in [4.78, 5) is 2.70. The van der Waals surface area contributed by atoms with E-state index in [1.54, 1.807) is 0 Å². The van der Waals surface area contributed by atoms with Gasteiger partial charge in [0.25, 0.3) is 0 Å². The van der Waals surface area contributed by atoms with Crippen molar-refractivity contribution in [3.05, 3.63) is 0 Å². The normalized spacial score (nSPS) is 40.4. The molecule has 0 aromatic carbocycles. The number of methoxy groups -OCH3 is 1. The van der Waals surface area contributed by atoms with Crippen LogP contribution in [0.15, 0.2) is 0 Å². The van der Waals surface area contributed by atoms with Gasteiger partial charge in [-0.1, -0.05) is 6.92 Å². The minimum Gasteiger partial charge on any atom is -0.381 e. The van der Waals surface area contributed by atoms with Crippen LogP contribution in [0.5, 0.6) is 0 Å². The SMILES string of the molecule is COC1CCC(N2CCC(C)C(CN)C2)CC1. The lowest BCUT2D eigenvalue weighted by atomic mass is 9.84. The molecule has 3 heteroatoms. The zero-order valence-corrected chi connectivity index (χ0v) is 11.4. The summed E-state index contributed by atoms with van der Waals surface area (Å²) in [5.41, 5.74) is 5.88. The molecule has 0 aromatic heterocycles. The Hall–Kier alpha value is -0.120. The summed E-state index contributed by atoms with van der Waals surface area (Å²) in [5, 5.41) is 0. The molecule has 3 nitrogen and oxygen atoms in total. The zero-order valence-electron chi connectivity index (χ0n) is 11.4. The van der Waals surface area contributed by atoms with Crippen molar-refractivity contribution in [2.75, 3.05) is 26.7 Å². The lowest BCUT2D eigenvalue weighted by Gasteiger charge is -2.43. The van der Waals surface area contributed by atoms with Crippen LogP contribution in [0.1, 0.15) is 39.0 Å². The number of nitrogens with two attached hydrogens (primary N) is 1. The van der Waals surface area contributed by atoms with Gasteiger partial charge in [0.1, 0.15) is 0 Å². The lowest BCUT2D eigenvalue weighted by Crippen LogP contribution is -2.48.